The molecule has 0 fully saturated rings. The van der Waals surface area contributed by atoms with E-state index < -0.39 is 5.97 Å². The van der Waals surface area contributed by atoms with Gasteiger partial charge in [-0.2, -0.15) is 0 Å². The first-order valence-electron chi connectivity index (χ1n) is 6.25. The molecule has 4 heteroatoms. The van der Waals surface area contributed by atoms with E-state index in [0.29, 0.717) is 0 Å². The second-order valence-corrected chi connectivity index (χ2v) is 4.19. The summed E-state index contributed by atoms with van der Waals surface area (Å²) in [6.07, 6.45) is 8.33. The molecule has 0 spiro atoms. The first kappa shape index (κ1) is 13.1. The highest BCUT2D eigenvalue weighted by atomic mass is 16.4. The first-order chi connectivity index (χ1) is 9.22. The summed E-state index contributed by atoms with van der Waals surface area (Å²) in [7, 11) is 0. The van der Waals surface area contributed by atoms with E-state index in [4.69, 9.17) is 5.11 Å². The Morgan fingerprint density at radius 3 is 2.95 bits per heavy atom. The third-order valence-corrected chi connectivity index (χ3v) is 2.79. The molecular weight excluding hydrogens is 240 g/mol. The smallest absolute Gasteiger partial charge is 0.328 e. The minimum atomic E-state index is -0.950. The summed E-state index contributed by atoms with van der Waals surface area (Å²) in [6.45, 7) is 2.11. The van der Waals surface area contributed by atoms with Crippen LogP contribution in [-0.4, -0.2) is 20.6 Å². The Morgan fingerprint density at radius 1 is 1.42 bits per heavy atom. The quantitative estimate of drug-likeness (QED) is 0.837. The minimum absolute atomic E-state index is 0.861. The zero-order chi connectivity index (χ0) is 13.7. The average molecular weight is 256 g/mol. The van der Waals surface area contributed by atoms with Gasteiger partial charge in [-0.25, -0.2) is 9.78 Å². The van der Waals surface area contributed by atoms with Crippen LogP contribution >= 0.6 is 0 Å². The summed E-state index contributed by atoms with van der Waals surface area (Å²) >= 11 is 0. The number of carboxylic acids is 1. The maximum Gasteiger partial charge on any atom is 0.328 e. The van der Waals surface area contributed by atoms with Crippen LogP contribution in [0.2, 0.25) is 0 Å². The van der Waals surface area contributed by atoms with Crippen LogP contribution in [0.25, 0.3) is 11.8 Å². The highest BCUT2D eigenvalue weighted by Crippen LogP contribution is 2.18. The van der Waals surface area contributed by atoms with Gasteiger partial charge >= 0.3 is 5.97 Å². The molecule has 0 aliphatic carbocycles. The molecule has 1 N–H and O–H groups in total. The van der Waals surface area contributed by atoms with Crippen LogP contribution < -0.4 is 0 Å². The number of aryl methyl sites for hydroxylation is 1. The molecular formula is C15H16N2O2. The van der Waals surface area contributed by atoms with E-state index in [1.54, 1.807) is 12.3 Å². The second kappa shape index (κ2) is 6.00. The molecule has 0 unspecified atom stereocenters. The van der Waals surface area contributed by atoms with E-state index in [2.05, 4.69) is 11.9 Å². The van der Waals surface area contributed by atoms with Gasteiger partial charge in [-0.15, -0.1) is 0 Å². The van der Waals surface area contributed by atoms with Gasteiger partial charge in [-0.1, -0.05) is 25.1 Å². The lowest BCUT2D eigenvalue weighted by molar-refractivity contribution is -0.131. The van der Waals surface area contributed by atoms with Crippen molar-refractivity contribution in [3.8, 4) is 5.69 Å². The lowest BCUT2D eigenvalue weighted by Gasteiger charge is -2.10. The molecule has 2 rings (SSSR count). The van der Waals surface area contributed by atoms with Gasteiger partial charge < -0.3 is 9.67 Å². The van der Waals surface area contributed by atoms with Gasteiger partial charge in [0.05, 0.1) is 5.69 Å². The molecule has 0 aliphatic heterocycles. The van der Waals surface area contributed by atoms with Gasteiger partial charge in [0.1, 0.15) is 5.82 Å². The van der Waals surface area contributed by atoms with Crippen LogP contribution in [0.1, 0.15) is 24.7 Å². The van der Waals surface area contributed by atoms with Crippen LogP contribution in [0.5, 0.6) is 0 Å². The fourth-order valence-electron chi connectivity index (χ4n) is 1.97. The largest absolute Gasteiger partial charge is 0.478 e. The lowest BCUT2D eigenvalue weighted by atomic mass is 10.1. The van der Waals surface area contributed by atoms with Crippen LogP contribution in [0.3, 0.4) is 0 Å². The summed E-state index contributed by atoms with van der Waals surface area (Å²) < 4.78 is 2.00. The van der Waals surface area contributed by atoms with E-state index in [-0.39, 0.29) is 0 Å². The van der Waals surface area contributed by atoms with Crippen molar-refractivity contribution in [3.63, 3.8) is 0 Å². The predicted octanol–water partition coefficient (Wildman–Crippen LogP) is 2.92. The molecule has 0 amide bonds. The van der Waals surface area contributed by atoms with Gasteiger partial charge in [-0.05, 0) is 24.1 Å². The fourth-order valence-corrected chi connectivity index (χ4v) is 1.97. The lowest BCUT2D eigenvalue weighted by Crippen LogP contribution is -2.02. The molecule has 0 aliphatic rings. The number of carboxylic acid groups (broad SMARTS) is 1. The number of hydrogen-bond acceptors (Lipinski definition) is 2. The Balaban J connectivity index is 2.44. The van der Waals surface area contributed by atoms with E-state index >= 15 is 0 Å². The molecule has 2 aromatic rings. The topological polar surface area (TPSA) is 55.1 Å². The fraction of sp³-hybridized carbons (Fsp3) is 0.200. The normalized spacial score (nSPS) is 11.0. The molecule has 0 atom stereocenters. The molecule has 4 nitrogen and oxygen atoms in total. The van der Waals surface area contributed by atoms with E-state index in [1.807, 2.05) is 35.0 Å². The average Bonchev–Trinajstić information content (AvgIpc) is 2.85. The summed E-state index contributed by atoms with van der Waals surface area (Å²) in [4.78, 5) is 15.0. The highest BCUT2D eigenvalue weighted by molar-refractivity contribution is 5.86. The molecule has 98 valence electrons. The van der Waals surface area contributed by atoms with Crippen molar-refractivity contribution in [1.82, 2.24) is 9.55 Å². The first-order valence-corrected chi connectivity index (χ1v) is 6.25. The molecule has 0 radical (unpaired) electrons. The monoisotopic (exact) mass is 256 g/mol. The molecule has 1 heterocycles. The van der Waals surface area contributed by atoms with E-state index in [0.717, 1.165) is 36.0 Å². The van der Waals surface area contributed by atoms with Crippen LogP contribution in [0.15, 0.2) is 42.7 Å². The number of imidazole rings is 1. The number of aliphatic carboxylic acids is 1. The van der Waals surface area contributed by atoms with Gasteiger partial charge in [0, 0.05) is 24.9 Å². The number of carbonyl (C=O) groups is 1. The van der Waals surface area contributed by atoms with Gasteiger partial charge in [0.2, 0.25) is 0 Å². The van der Waals surface area contributed by atoms with Crippen LogP contribution in [0.4, 0.5) is 0 Å². The Kier molecular flexibility index (Phi) is 4.13. The van der Waals surface area contributed by atoms with Crippen molar-refractivity contribution in [2.45, 2.75) is 19.8 Å². The standard InChI is InChI=1S/C15H16N2O2/c1-2-5-14-16-10-11-17(14)13-7-4-3-6-12(13)8-9-15(18)19/h3-4,6-11H,2,5H2,1H3,(H,18,19). The number of aromatic nitrogens is 2. The molecule has 0 saturated carbocycles. The molecule has 0 saturated heterocycles. The van der Waals surface area contributed by atoms with Crippen LogP contribution in [-0.2, 0) is 11.2 Å². The third kappa shape index (κ3) is 3.10. The van der Waals surface area contributed by atoms with Gasteiger partial charge in [0.15, 0.2) is 0 Å². The summed E-state index contributed by atoms with van der Waals surface area (Å²) in [5, 5.41) is 8.73. The Labute approximate surface area is 112 Å². The summed E-state index contributed by atoms with van der Waals surface area (Å²) in [5.41, 5.74) is 1.81. The van der Waals surface area contributed by atoms with Crippen molar-refractivity contribution in [2.75, 3.05) is 0 Å². The van der Waals surface area contributed by atoms with Crippen molar-refractivity contribution in [1.29, 1.82) is 0 Å². The van der Waals surface area contributed by atoms with E-state index in [1.165, 1.54) is 0 Å². The SMILES string of the molecule is CCCc1nccn1-c1ccccc1C=CC(=O)O. The van der Waals surface area contributed by atoms with Crippen molar-refractivity contribution in [2.24, 2.45) is 0 Å². The molecule has 19 heavy (non-hydrogen) atoms. The zero-order valence-corrected chi connectivity index (χ0v) is 10.8. The highest BCUT2D eigenvalue weighted by Gasteiger charge is 2.06. The Bertz CT molecular complexity index is 600. The maximum absolute atomic E-state index is 10.6. The Hall–Kier alpha value is -2.36. The number of rotatable bonds is 5. The zero-order valence-electron chi connectivity index (χ0n) is 10.8. The summed E-state index contributed by atoms with van der Waals surface area (Å²) in [6, 6.07) is 7.68. The van der Waals surface area contributed by atoms with Crippen molar-refractivity contribution in [3.05, 3.63) is 54.1 Å². The minimum Gasteiger partial charge on any atom is -0.478 e. The number of nitrogens with zero attached hydrogens (tertiary/aromatic N) is 2. The molecule has 0 bridgehead atoms. The third-order valence-electron chi connectivity index (χ3n) is 2.79. The predicted molar refractivity (Wildman–Crippen MR) is 74.2 cm³/mol. The van der Waals surface area contributed by atoms with Crippen molar-refractivity contribution >= 4 is 12.0 Å². The van der Waals surface area contributed by atoms with E-state index in [9.17, 15) is 4.79 Å². The van der Waals surface area contributed by atoms with Gasteiger partial charge in [-0.3, -0.25) is 0 Å². The Morgan fingerprint density at radius 2 is 2.21 bits per heavy atom. The number of para-hydroxylation sites is 1. The molecule has 1 aromatic heterocycles. The van der Waals surface area contributed by atoms with Crippen molar-refractivity contribution < 1.29 is 9.90 Å². The molecule has 1 aromatic carbocycles. The number of hydrogen-bond donors (Lipinski definition) is 1. The van der Waals surface area contributed by atoms with Crippen LogP contribution in [0, 0.1) is 0 Å². The van der Waals surface area contributed by atoms with Gasteiger partial charge in [0.25, 0.3) is 0 Å². The number of benzene rings is 1. The maximum atomic E-state index is 10.6. The second-order valence-electron chi connectivity index (χ2n) is 4.19. The summed E-state index contributed by atoms with van der Waals surface area (Å²) in [5.74, 6) is 0.0351.